The number of ketones is 1. The van der Waals surface area contributed by atoms with Crippen molar-refractivity contribution in [2.75, 3.05) is 0 Å². The molecule has 1 aromatic heterocycles. The van der Waals surface area contributed by atoms with Crippen molar-refractivity contribution >= 4 is 29.0 Å². The molecule has 0 aliphatic heterocycles. The van der Waals surface area contributed by atoms with Crippen LogP contribution in [0.25, 0.3) is 0 Å². The number of aromatic nitrogens is 1. The maximum absolute atomic E-state index is 12.4. The fourth-order valence-electron chi connectivity index (χ4n) is 2.71. The van der Waals surface area contributed by atoms with Crippen LogP contribution >= 0.6 is 23.2 Å². The molecule has 1 aromatic carbocycles. The van der Waals surface area contributed by atoms with Gasteiger partial charge in [-0.15, -0.1) is 6.58 Å². The van der Waals surface area contributed by atoms with E-state index < -0.39 is 11.5 Å². The Hall–Kier alpha value is -1.68. The molecule has 2 rings (SSSR count). The van der Waals surface area contributed by atoms with E-state index in [4.69, 9.17) is 23.2 Å². The largest absolute Gasteiger partial charge is 0.377 e. The number of aliphatic hydroxyl groups is 1. The van der Waals surface area contributed by atoms with E-state index in [1.807, 2.05) is 0 Å². The van der Waals surface area contributed by atoms with Crippen LogP contribution in [0.15, 0.2) is 55.4 Å². The number of carbonyl (C=O) groups excluding carboxylic acids is 1. The fourth-order valence-corrected chi connectivity index (χ4v) is 3.25. The summed E-state index contributed by atoms with van der Waals surface area (Å²) in [4.78, 5) is 16.4. The molecule has 0 saturated heterocycles. The van der Waals surface area contributed by atoms with Gasteiger partial charge in [-0.2, -0.15) is 0 Å². The smallest absolute Gasteiger partial charge is 0.166 e. The molecule has 2 aromatic rings. The number of rotatable bonds is 6. The van der Waals surface area contributed by atoms with Crippen molar-refractivity contribution in [2.24, 2.45) is 0 Å². The summed E-state index contributed by atoms with van der Waals surface area (Å²) in [5, 5.41) is 12.2. The molecule has 5 heteroatoms. The minimum absolute atomic E-state index is 0.367. The van der Waals surface area contributed by atoms with E-state index in [1.165, 1.54) is 13.1 Å². The minimum atomic E-state index is -1.75. The lowest BCUT2D eigenvalue weighted by molar-refractivity contribution is -0.138. The zero-order chi connectivity index (χ0) is 17.0. The average Bonchev–Trinajstić information content (AvgIpc) is 2.53. The molecule has 3 nitrogen and oxygen atoms in total. The van der Waals surface area contributed by atoms with Gasteiger partial charge in [-0.25, -0.2) is 0 Å². The summed E-state index contributed by atoms with van der Waals surface area (Å²) in [6, 6.07) is 8.36. The van der Waals surface area contributed by atoms with Crippen molar-refractivity contribution in [2.45, 2.75) is 24.9 Å². The maximum atomic E-state index is 12.4. The normalized spacial score (nSPS) is 14.8. The van der Waals surface area contributed by atoms with Crippen LogP contribution in [0.5, 0.6) is 0 Å². The highest BCUT2D eigenvalue weighted by Gasteiger charge is 2.44. The second kappa shape index (κ2) is 7.26. The second-order valence-electron chi connectivity index (χ2n) is 5.31. The standard InChI is InChI=1S/C18H17Cl2NO2/c1-3-5-16(15-8-7-14(19)10-17(15)20)18(23,12(2)22)13-6-4-9-21-11-13/h3-4,6-11,16,23H,1,5H2,2H3. The van der Waals surface area contributed by atoms with Crippen LogP contribution in [0.2, 0.25) is 10.0 Å². The summed E-state index contributed by atoms with van der Waals surface area (Å²) in [5.41, 5.74) is -0.692. The van der Waals surface area contributed by atoms with Gasteiger partial charge in [0.25, 0.3) is 0 Å². The molecular formula is C18H17Cl2NO2. The molecular weight excluding hydrogens is 333 g/mol. The van der Waals surface area contributed by atoms with Gasteiger partial charge >= 0.3 is 0 Å². The molecule has 0 saturated carbocycles. The zero-order valence-electron chi connectivity index (χ0n) is 12.7. The number of pyridine rings is 1. The summed E-state index contributed by atoms with van der Waals surface area (Å²) in [5.74, 6) is -0.977. The van der Waals surface area contributed by atoms with Crippen LogP contribution in [0, 0.1) is 0 Å². The number of allylic oxidation sites excluding steroid dienone is 1. The molecule has 0 aliphatic carbocycles. The monoisotopic (exact) mass is 349 g/mol. The van der Waals surface area contributed by atoms with E-state index in [2.05, 4.69) is 11.6 Å². The van der Waals surface area contributed by atoms with Gasteiger partial charge < -0.3 is 5.11 Å². The first-order chi connectivity index (χ1) is 10.9. The number of halogens is 2. The highest BCUT2D eigenvalue weighted by Crippen LogP contribution is 2.43. The molecule has 0 spiro atoms. The van der Waals surface area contributed by atoms with E-state index in [1.54, 1.807) is 42.6 Å². The first-order valence-electron chi connectivity index (χ1n) is 7.11. The van der Waals surface area contributed by atoms with Gasteiger partial charge in [-0.05, 0) is 37.1 Å². The molecule has 1 heterocycles. The van der Waals surface area contributed by atoms with E-state index in [-0.39, 0.29) is 5.78 Å². The maximum Gasteiger partial charge on any atom is 0.166 e. The number of nitrogens with zero attached hydrogens (tertiary/aromatic N) is 1. The third-order valence-corrected chi connectivity index (χ3v) is 4.45. The Balaban J connectivity index is 2.65. The Morgan fingerprint density at radius 3 is 2.70 bits per heavy atom. The van der Waals surface area contributed by atoms with Gasteiger partial charge in [0.15, 0.2) is 11.4 Å². The Bertz CT molecular complexity index is 718. The van der Waals surface area contributed by atoms with Crippen molar-refractivity contribution < 1.29 is 9.90 Å². The Labute approximate surface area is 145 Å². The van der Waals surface area contributed by atoms with Gasteiger partial charge in [0.05, 0.1) is 0 Å². The molecule has 0 radical (unpaired) electrons. The van der Waals surface area contributed by atoms with Gasteiger partial charge in [-0.3, -0.25) is 9.78 Å². The summed E-state index contributed by atoms with van der Waals surface area (Å²) < 4.78 is 0. The third kappa shape index (κ3) is 3.47. The first kappa shape index (κ1) is 17.7. The van der Waals surface area contributed by atoms with Crippen LogP contribution < -0.4 is 0 Å². The van der Waals surface area contributed by atoms with Crippen LogP contribution in [0.1, 0.15) is 30.4 Å². The molecule has 2 atom stereocenters. The van der Waals surface area contributed by atoms with E-state index >= 15 is 0 Å². The van der Waals surface area contributed by atoms with Crippen molar-refractivity contribution in [3.05, 3.63) is 76.6 Å². The van der Waals surface area contributed by atoms with E-state index in [9.17, 15) is 9.90 Å². The molecule has 2 unspecified atom stereocenters. The lowest BCUT2D eigenvalue weighted by Gasteiger charge is -2.34. The SMILES string of the molecule is C=CCC(c1ccc(Cl)cc1Cl)C(O)(C(C)=O)c1cccnc1. The minimum Gasteiger partial charge on any atom is -0.377 e. The molecule has 120 valence electrons. The molecule has 23 heavy (non-hydrogen) atoms. The average molecular weight is 350 g/mol. The Kier molecular flexibility index (Phi) is 5.58. The van der Waals surface area contributed by atoms with Crippen molar-refractivity contribution in [3.63, 3.8) is 0 Å². The van der Waals surface area contributed by atoms with E-state index in [0.717, 1.165) is 0 Å². The fraction of sp³-hybridized carbons (Fsp3) is 0.222. The molecule has 1 N–H and O–H groups in total. The van der Waals surface area contributed by atoms with Crippen molar-refractivity contribution in [3.8, 4) is 0 Å². The number of carbonyl (C=O) groups is 1. The molecule has 0 bridgehead atoms. The van der Waals surface area contributed by atoms with Gasteiger partial charge in [0, 0.05) is 33.9 Å². The van der Waals surface area contributed by atoms with Gasteiger partial charge in [-0.1, -0.05) is 41.4 Å². The van der Waals surface area contributed by atoms with Crippen LogP contribution in [0.3, 0.4) is 0 Å². The predicted octanol–water partition coefficient (Wildman–Crippen LogP) is 4.52. The quantitative estimate of drug-likeness (QED) is 0.779. The summed E-state index contributed by atoms with van der Waals surface area (Å²) in [6.07, 6.45) is 5.09. The Morgan fingerprint density at radius 1 is 1.43 bits per heavy atom. The van der Waals surface area contributed by atoms with Crippen molar-refractivity contribution in [1.29, 1.82) is 0 Å². The topological polar surface area (TPSA) is 50.2 Å². The summed E-state index contributed by atoms with van der Waals surface area (Å²) >= 11 is 12.2. The summed E-state index contributed by atoms with van der Waals surface area (Å²) in [6.45, 7) is 5.09. The van der Waals surface area contributed by atoms with E-state index in [0.29, 0.717) is 27.6 Å². The lowest BCUT2D eigenvalue weighted by Crippen LogP contribution is -2.40. The number of hydrogen-bond acceptors (Lipinski definition) is 3. The molecule has 0 amide bonds. The van der Waals surface area contributed by atoms with Crippen LogP contribution in [0.4, 0.5) is 0 Å². The van der Waals surface area contributed by atoms with Crippen LogP contribution in [-0.2, 0) is 10.4 Å². The van der Waals surface area contributed by atoms with Crippen LogP contribution in [-0.4, -0.2) is 15.9 Å². The number of benzene rings is 1. The number of hydrogen-bond donors (Lipinski definition) is 1. The highest BCUT2D eigenvalue weighted by atomic mass is 35.5. The molecule has 0 aliphatic rings. The van der Waals surface area contributed by atoms with Crippen molar-refractivity contribution in [1.82, 2.24) is 4.98 Å². The predicted molar refractivity (Wildman–Crippen MR) is 92.8 cm³/mol. The van der Waals surface area contributed by atoms with Gasteiger partial charge in [0.1, 0.15) is 0 Å². The first-order valence-corrected chi connectivity index (χ1v) is 7.86. The zero-order valence-corrected chi connectivity index (χ0v) is 14.2. The summed E-state index contributed by atoms with van der Waals surface area (Å²) in [7, 11) is 0. The molecule has 0 fully saturated rings. The highest BCUT2D eigenvalue weighted by molar-refractivity contribution is 6.35. The number of Topliss-reactive ketones (excluding diaryl/α,β-unsaturated/α-hetero) is 1. The third-order valence-electron chi connectivity index (χ3n) is 3.88. The Morgan fingerprint density at radius 2 is 2.17 bits per heavy atom. The lowest BCUT2D eigenvalue weighted by atomic mass is 9.74. The van der Waals surface area contributed by atoms with Gasteiger partial charge in [0.2, 0.25) is 0 Å². The second-order valence-corrected chi connectivity index (χ2v) is 6.15.